The highest BCUT2D eigenvalue weighted by molar-refractivity contribution is 7.80. The summed E-state index contributed by atoms with van der Waals surface area (Å²) in [7, 11) is 0. The van der Waals surface area contributed by atoms with E-state index in [9.17, 15) is 0 Å². The first-order valence-corrected chi connectivity index (χ1v) is 5.04. The highest BCUT2D eigenvalue weighted by atomic mass is 32.1. The van der Waals surface area contributed by atoms with Gasteiger partial charge in [0.1, 0.15) is 0 Å². The molecule has 80 valence electrons. The van der Waals surface area contributed by atoms with Gasteiger partial charge in [0, 0.05) is 11.4 Å². The van der Waals surface area contributed by atoms with Crippen LogP contribution in [-0.2, 0) is 0 Å². The Morgan fingerprint density at radius 1 is 1.13 bits per heavy atom. The highest BCUT2D eigenvalue weighted by Gasteiger charge is 2.01. The van der Waals surface area contributed by atoms with Gasteiger partial charge >= 0.3 is 0 Å². The Morgan fingerprint density at radius 3 is 2.27 bits per heavy atom. The van der Waals surface area contributed by atoms with Gasteiger partial charge in [-0.1, -0.05) is 6.07 Å². The molecular formula is C9H12N4S2. The maximum Gasteiger partial charge on any atom is 0.168 e. The molecule has 6 N–H and O–H groups in total. The number of nitrogens with two attached hydrogens (primary N) is 2. The SMILES string of the molecule is Cc1ccc(NC(N)=S)cc1NC(N)=S. The molecule has 0 aliphatic carbocycles. The minimum atomic E-state index is 0.222. The Labute approximate surface area is 99.0 Å². The first-order valence-electron chi connectivity index (χ1n) is 4.22. The summed E-state index contributed by atoms with van der Waals surface area (Å²) in [5.74, 6) is 0. The molecule has 15 heavy (non-hydrogen) atoms. The fourth-order valence-electron chi connectivity index (χ4n) is 1.11. The normalized spacial score (nSPS) is 9.40. The number of thiocarbonyl (C=S) groups is 2. The molecule has 0 saturated heterocycles. The first kappa shape index (κ1) is 11.7. The fourth-order valence-corrected chi connectivity index (χ4v) is 1.34. The molecule has 4 nitrogen and oxygen atoms in total. The maximum absolute atomic E-state index is 5.39. The molecule has 0 radical (unpaired) electrons. The largest absolute Gasteiger partial charge is 0.376 e. The summed E-state index contributed by atoms with van der Waals surface area (Å²) in [6.45, 7) is 1.95. The average Bonchev–Trinajstić information content (AvgIpc) is 2.09. The van der Waals surface area contributed by atoms with Crippen molar-refractivity contribution in [3.05, 3.63) is 23.8 Å². The van der Waals surface area contributed by atoms with E-state index in [1.165, 1.54) is 0 Å². The zero-order valence-electron chi connectivity index (χ0n) is 8.20. The van der Waals surface area contributed by atoms with Crippen LogP contribution in [0.3, 0.4) is 0 Å². The van der Waals surface area contributed by atoms with Crippen molar-refractivity contribution in [2.24, 2.45) is 11.5 Å². The molecule has 0 unspecified atom stereocenters. The molecule has 0 fully saturated rings. The summed E-state index contributed by atoms with van der Waals surface area (Å²) in [5, 5.41) is 6.15. The third-order valence-electron chi connectivity index (χ3n) is 1.76. The zero-order valence-corrected chi connectivity index (χ0v) is 9.84. The maximum atomic E-state index is 5.39. The van der Waals surface area contributed by atoms with Gasteiger partial charge in [0.2, 0.25) is 0 Å². The van der Waals surface area contributed by atoms with Crippen molar-refractivity contribution < 1.29 is 0 Å². The smallest absolute Gasteiger partial charge is 0.168 e. The van der Waals surface area contributed by atoms with Crippen molar-refractivity contribution in [2.75, 3.05) is 10.6 Å². The molecule has 0 amide bonds. The summed E-state index contributed by atoms with van der Waals surface area (Å²) in [6, 6.07) is 5.63. The zero-order chi connectivity index (χ0) is 11.4. The Morgan fingerprint density at radius 2 is 1.73 bits per heavy atom. The van der Waals surface area contributed by atoms with Gasteiger partial charge < -0.3 is 22.1 Å². The number of hydrogen-bond donors (Lipinski definition) is 4. The van der Waals surface area contributed by atoms with Gasteiger partial charge in [-0.2, -0.15) is 0 Å². The van der Waals surface area contributed by atoms with Crippen LogP contribution in [0.4, 0.5) is 11.4 Å². The minimum absolute atomic E-state index is 0.222. The van der Waals surface area contributed by atoms with Crippen LogP contribution in [-0.4, -0.2) is 10.2 Å². The van der Waals surface area contributed by atoms with E-state index in [2.05, 4.69) is 10.6 Å². The standard InChI is InChI=1S/C9H12N4S2/c1-5-2-3-6(12-8(10)14)4-7(5)13-9(11)15/h2-4H,1H3,(H3,10,12,14)(H3,11,13,15). The van der Waals surface area contributed by atoms with Crippen molar-refractivity contribution in [1.82, 2.24) is 0 Å². The molecule has 0 atom stereocenters. The van der Waals surface area contributed by atoms with E-state index in [-0.39, 0.29) is 10.2 Å². The Bertz CT molecular complexity index is 403. The van der Waals surface area contributed by atoms with Crippen LogP contribution in [0.15, 0.2) is 18.2 Å². The molecule has 0 aliphatic heterocycles. The van der Waals surface area contributed by atoms with Crippen molar-refractivity contribution in [2.45, 2.75) is 6.92 Å². The fraction of sp³-hybridized carbons (Fsp3) is 0.111. The molecule has 0 saturated carbocycles. The van der Waals surface area contributed by atoms with E-state index in [1.54, 1.807) is 0 Å². The third-order valence-corrected chi connectivity index (χ3v) is 1.97. The second kappa shape index (κ2) is 4.90. The minimum Gasteiger partial charge on any atom is -0.376 e. The van der Waals surface area contributed by atoms with Crippen molar-refractivity contribution in [3.63, 3.8) is 0 Å². The number of aryl methyl sites for hydroxylation is 1. The van der Waals surface area contributed by atoms with Crippen molar-refractivity contribution in [3.8, 4) is 0 Å². The summed E-state index contributed by atoms with van der Waals surface area (Å²) in [4.78, 5) is 0. The van der Waals surface area contributed by atoms with Gasteiger partial charge in [0.25, 0.3) is 0 Å². The van der Waals surface area contributed by atoms with E-state index in [0.29, 0.717) is 0 Å². The first-order chi connectivity index (χ1) is 6.99. The van der Waals surface area contributed by atoms with Gasteiger partial charge in [-0.25, -0.2) is 0 Å². The quantitative estimate of drug-likeness (QED) is 0.584. The Balaban J connectivity index is 2.94. The van der Waals surface area contributed by atoms with Crippen LogP contribution in [0.2, 0.25) is 0 Å². The van der Waals surface area contributed by atoms with Crippen molar-refractivity contribution >= 4 is 46.0 Å². The van der Waals surface area contributed by atoms with E-state index in [1.807, 2.05) is 25.1 Å². The summed E-state index contributed by atoms with van der Waals surface area (Å²) in [5.41, 5.74) is 13.4. The molecule has 0 heterocycles. The van der Waals surface area contributed by atoms with E-state index in [0.717, 1.165) is 16.9 Å². The Hall–Kier alpha value is -1.40. The van der Waals surface area contributed by atoms with E-state index >= 15 is 0 Å². The number of anilines is 2. The third kappa shape index (κ3) is 3.69. The lowest BCUT2D eigenvalue weighted by Crippen LogP contribution is -2.21. The number of rotatable bonds is 2. The summed E-state index contributed by atoms with van der Waals surface area (Å²) >= 11 is 9.50. The Kier molecular flexibility index (Phi) is 3.81. The van der Waals surface area contributed by atoms with E-state index < -0.39 is 0 Å². The number of nitrogens with one attached hydrogen (secondary N) is 2. The van der Waals surface area contributed by atoms with Crippen LogP contribution in [0.5, 0.6) is 0 Å². The summed E-state index contributed by atoms with van der Waals surface area (Å²) < 4.78 is 0. The van der Waals surface area contributed by atoms with Crippen LogP contribution in [0.25, 0.3) is 0 Å². The molecular weight excluding hydrogens is 228 g/mol. The van der Waals surface area contributed by atoms with Crippen LogP contribution < -0.4 is 22.1 Å². The molecule has 1 aromatic carbocycles. The van der Waals surface area contributed by atoms with Gasteiger partial charge in [-0.3, -0.25) is 0 Å². The van der Waals surface area contributed by atoms with Crippen LogP contribution in [0.1, 0.15) is 5.56 Å². The van der Waals surface area contributed by atoms with Gasteiger partial charge in [0.15, 0.2) is 10.2 Å². The molecule has 6 heteroatoms. The topological polar surface area (TPSA) is 76.1 Å². The molecule has 0 bridgehead atoms. The average molecular weight is 240 g/mol. The predicted octanol–water partition coefficient (Wildman–Crippen LogP) is 1.31. The lowest BCUT2D eigenvalue weighted by atomic mass is 10.2. The highest BCUT2D eigenvalue weighted by Crippen LogP contribution is 2.19. The monoisotopic (exact) mass is 240 g/mol. The van der Waals surface area contributed by atoms with Gasteiger partial charge in [0.05, 0.1) is 0 Å². The summed E-state index contributed by atoms with van der Waals surface area (Å²) in [6.07, 6.45) is 0. The van der Waals surface area contributed by atoms with Crippen LogP contribution >= 0.6 is 24.4 Å². The van der Waals surface area contributed by atoms with Crippen molar-refractivity contribution in [1.29, 1.82) is 0 Å². The molecule has 1 rings (SSSR count). The molecule has 0 aliphatic rings. The van der Waals surface area contributed by atoms with E-state index in [4.69, 9.17) is 35.9 Å². The van der Waals surface area contributed by atoms with Gasteiger partial charge in [-0.15, -0.1) is 0 Å². The molecule has 0 aromatic heterocycles. The van der Waals surface area contributed by atoms with Gasteiger partial charge in [-0.05, 0) is 49.1 Å². The number of hydrogen-bond acceptors (Lipinski definition) is 2. The molecule has 0 spiro atoms. The lowest BCUT2D eigenvalue weighted by molar-refractivity contribution is 1.44. The predicted molar refractivity (Wildman–Crippen MR) is 72.0 cm³/mol. The van der Waals surface area contributed by atoms with Crippen LogP contribution in [0, 0.1) is 6.92 Å². The second-order valence-corrected chi connectivity index (χ2v) is 3.89. The number of benzene rings is 1. The second-order valence-electron chi connectivity index (χ2n) is 3.01. The molecule has 1 aromatic rings. The lowest BCUT2D eigenvalue weighted by Gasteiger charge is -2.10.